The van der Waals surface area contributed by atoms with Gasteiger partial charge in [-0.2, -0.15) is 0 Å². The molecular formula is C21H19FN4O3. The Morgan fingerprint density at radius 1 is 1.14 bits per heavy atom. The van der Waals surface area contributed by atoms with Gasteiger partial charge in [0.05, 0.1) is 35.3 Å². The molecule has 1 fully saturated rings. The van der Waals surface area contributed by atoms with E-state index in [0.29, 0.717) is 23.1 Å². The number of imide groups is 1. The van der Waals surface area contributed by atoms with Gasteiger partial charge in [0.2, 0.25) is 0 Å². The van der Waals surface area contributed by atoms with Crippen molar-refractivity contribution in [2.45, 2.75) is 18.9 Å². The summed E-state index contributed by atoms with van der Waals surface area (Å²) in [7, 11) is 0. The molecule has 1 aromatic carbocycles. The summed E-state index contributed by atoms with van der Waals surface area (Å²) in [6.07, 6.45) is 4.88. The molecule has 0 atom stereocenters. The van der Waals surface area contributed by atoms with Crippen LogP contribution in [0.25, 0.3) is 0 Å². The molecular weight excluding hydrogens is 375 g/mol. The minimum absolute atomic E-state index is 0.0162. The monoisotopic (exact) mass is 394 g/mol. The van der Waals surface area contributed by atoms with Gasteiger partial charge in [0, 0.05) is 25.0 Å². The van der Waals surface area contributed by atoms with Crippen LogP contribution in [-0.2, 0) is 0 Å². The highest BCUT2D eigenvalue weighted by molar-refractivity contribution is 6.21. The van der Waals surface area contributed by atoms with Crippen LogP contribution >= 0.6 is 0 Å². The predicted molar refractivity (Wildman–Crippen MR) is 106 cm³/mol. The van der Waals surface area contributed by atoms with Crippen LogP contribution in [-0.4, -0.2) is 40.6 Å². The average molecular weight is 394 g/mol. The summed E-state index contributed by atoms with van der Waals surface area (Å²) in [5, 5.41) is 10.5. The number of carbonyl (C=O) groups is 2. The van der Waals surface area contributed by atoms with Crippen molar-refractivity contribution in [3.05, 3.63) is 75.5 Å². The van der Waals surface area contributed by atoms with E-state index in [1.165, 1.54) is 0 Å². The van der Waals surface area contributed by atoms with E-state index in [-0.39, 0.29) is 35.8 Å². The third kappa shape index (κ3) is 3.37. The Morgan fingerprint density at radius 2 is 1.79 bits per heavy atom. The van der Waals surface area contributed by atoms with Crippen LogP contribution in [0.15, 0.2) is 53.2 Å². The number of fused-ring (bicyclic) bond motifs is 1. The van der Waals surface area contributed by atoms with Crippen molar-refractivity contribution >= 4 is 23.7 Å². The van der Waals surface area contributed by atoms with Crippen LogP contribution in [0.5, 0.6) is 0 Å². The number of amides is 2. The molecule has 2 aliphatic rings. The van der Waals surface area contributed by atoms with Gasteiger partial charge >= 0.3 is 0 Å². The third-order valence-corrected chi connectivity index (χ3v) is 5.14. The Kier molecular flexibility index (Phi) is 4.84. The van der Waals surface area contributed by atoms with Crippen LogP contribution in [0.3, 0.4) is 0 Å². The first kappa shape index (κ1) is 18.8. The molecule has 29 heavy (non-hydrogen) atoms. The minimum Gasteiger partial charge on any atom is -0.380 e. The minimum atomic E-state index is -0.461. The lowest BCUT2D eigenvalue weighted by Gasteiger charge is -2.17. The Bertz CT molecular complexity index is 1070. The number of pyridine rings is 1. The van der Waals surface area contributed by atoms with Crippen molar-refractivity contribution in [3.63, 3.8) is 0 Å². The fourth-order valence-electron chi connectivity index (χ4n) is 3.42. The van der Waals surface area contributed by atoms with Gasteiger partial charge in [-0.1, -0.05) is 12.1 Å². The molecule has 2 N–H and O–H groups in total. The number of hydrogen-bond acceptors (Lipinski definition) is 5. The van der Waals surface area contributed by atoms with E-state index < -0.39 is 11.8 Å². The van der Waals surface area contributed by atoms with Crippen molar-refractivity contribution in [3.8, 4) is 0 Å². The molecule has 0 saturated heterocycles. The summed E-state index contributed by atoms with van der Waals surface area (Å²) < 4.78 is 15.1. The standard InChI is InChI=1S/C21H19FN4O3/c22-9-13(12-26-19(27)15-3-1-2-4-16(15)20(26)28)11-24-18-7-8-25(14-5-6-14)21(29)17(18)10-23/h1-4,7-10,14,23-24H,5-6,11-12H2/b13-9-,23-10?. The maximum Gasteiger partial charge on any atom is 0.261 e. The van der Waals surface area contributed by atoms with E-state index in [4.69, 9.17) is 5.41 Å². The lowest BCUT2D eigenvalue weighted by molar-refractivity contribution is 0.0667. The Labute approximate surface area is 166 Å². The Morgan fingerprint density at radius 3 is 2.34 bits per heavy atom. The summed E-state index contributed by atoms with van der Waals surface area (Å²) in [5.74, 6) is -0.922. The first-order valence-electron chi connectivity index (χ1n) is 9.28. The second-order valence-electron chi connectivity index (χ2n) is 7.09. The largest absolute Gasteiger partial charge is 0.380 e. The molecule has 2 heterocycles. The molecule has 0 unspecified atom stereocenters. The van der Waals surface area contributed by atoms with E-state index in [1.807, 2.05) is 0 Å². The van der Waals surface area contributed by atoms with E-state index in [1.54, 1.807) is 41.1 Å². The number of carbonyl (C=O) groups excluding carboxylic acids is 2. The lowest BCUT2D eigenvalue weighted by Crippen LogP contribution is -2.33. The molecule has 1 aliphatic heterocycles. The molecule has 1 saturated carbocycles. The Balaban J connectivity index is 1.48. The van der Waals surface area contributed by atoms with Crippen molar-refractivity contribution in [2.75, 3.05) is 18.4 Å². The topological polar surface area (TPSA) is 95.3 Å². The number of rotatable bonds is 7. The summed E-state index contributed by atoms with van der Waals surface area (Å²) in [6, 6.07) is 8.34. The molecule has 8 heteroatoms. The Hall–Kier alpha value is -3.55. The van der Waals surface area contributed by atoms with Gasteiger partial charge in [0.1, 0.15) is 0 Å². The predicted octanol–water partition coefficient (Wildman–Crippen LogP) is 2.74. The van der Waals surface area contributed by atoms with Crippen molar-refractivity contribution in [2.24, 2.45) is 0 Å². The number of hydrogen-bond donors (Lipinski definition) is 2. The number of nitrogens with zero attached hydrogens (tertiary/aromatic N) is 2. The number of anilines is 1. The van der Waals surface area contributed by atoms with Gasteiger partial charge in [-0.05, 0) is 36.6 Å². The van der Waals surface area contributed by atoms with Crippen LogP contribution in [0.2, 0.25) is 0 Å². The van der Waals surface area contributed by atoms with Crippen LogP contribution in [0, 0.1) is 5.41 Å². The quantitative estimate of drug-likeness (QED) is 0.558. The summed E-state index contributed by atoms with van der Waals surface area (Å²) >= 11 is 0. The first-order valence-corrected chi connectivity index (χ1v) is 9.28. The van der Waals surface area contributed by atoms with Crippen molar-refractivity contribution in [1.82, 2.24) is 9.47 Å². The maximum atomic E-state index is 13.5. The molecule has 4 rings (SSSR count). The van der Waals surface area contributed by atoms with Crippen molar-refractivity contribution < 1.29 is 14.0 Å². The van der Waals surface area contributed by atoms with E-state index >= 15 is 0 Å². The molecule has 7 nitrogen and oxygen atoms in total. The molecule has 0 radical (unpaired) electrons. The van der Waals surface area contributed by atoms with E-state index in [2.05, 4.69) is 5.32 Å². The van der Waals surface area contributed by atoms with Gasteiger partial charge in [-0.25, -0.2) is 4.39 Å². The van der Waals surface area contributed by atoms with Crippen LogP contribution in [0.4, 0.5) is 10.1 Å². The highest BCUT2D eigenvalue weighted by Gasteiger charge is 2.35. The molecule has 0 bridgehead atoms. The molecule has 0 spiro atoms. The summed E-state index contributed by atoms with van der Waals surface area (Å²) in [4.78, 5) is 38.4. The van der Waals surface area contributed by atoms with Gasteiger partial charge < -0.3 is 15.3 Å². The van der Waals surface area contributed by atoms with E-state index in [0.717, 1.165) is 24.0 Å². The highest BCUT2D eigenvalue weighted by Crippen LogP contribution is 2.33. The number of aromatic nitrogens is 1. The van der Waals surface area contributed by atoms with Gasteiger partial charge in [-0.15, -0.1) is 0 Å². The van der Waals surface area contributed by atoms with Crippen LogP contribution in [0.1, 0.15) is 45.2 Å². The fourth-order valence-corrected chi connectivity index (χ4v) is 3.42. The zero-order chi connectivity index (χ0) is 20.5. The molecule has 2 amide bonds. The van der Waals surface area contributed by atoms with Gasteiger partial charge in [0.15, 0.2) is 0 Å². The van der Waals surface area contributed by atoms with E-state index in [9.17, 15) is 18.8 Å². The molecule has 2 aromatic rings. The zero-order valence-corrected chi connectivity index (χ0v) is 15.5. The molecule has 1 aliphatic carbocycles. The van der Waals surface area contributed by atoms with Gasteiger partial charge in [0.25, 0.3) is 17.4 Å². The smallest absolute Gasteiger partial charge is 0.261 e. The lowest BCUT2D eigenvalue weighted by atomic mass is 10.1. The zero-order valence-electron chi connectivity index (χ0n) is 15.5. The molecule has 148 valence electrons. The second-order valence-corrected chi connectivity index (χ2v) is 7.09. The average Bonchev–Trinajstić information content (AvgIpc) is 3.55. The second kappa shape index (κ2) is 7.46. The van der Waals surface area contributed by atoms with Crippen molar-refractivity contribution in [1.29, 1.82) is 5.41 Å². The highest BCUT2D eigenvalue weighted by atomic mass is 19.1. The normalized spacial score (nSPS) is 16.2. The molecule has 1 aromatic heterocycles. The third-order valence-electron chi connectivity index (χ3n) is 5.14. The summed E-state index contributed by atoms with van der Waals surface area (Å²) in [6.45, 7) is -0.216. The number of nitrogens with one attached hydrogen (secondary N) is 2. The number of benzene rings is 1. The SMILES string of the molecule is N=Cc1c(NC/C(=C/F)CN2C(=O)c3ccccc3C2=O)ccn(C2CC2)c1=O. The first-order chi connectivity index (χ1) is 14.0. The maximum absolute atomic E-state index is 13.5. The van der Waals surface area contributed by atoms with Crippen LogP contribution < -0.4 is 10.9 Å². The summed E-state index contributed by atoms with van der Waals surface area (Å²) in [5.41, 5.74) is 1.11. The number of halogens is 1. The fraction of sp³-hybridized carbons (Fsp3) is 0.238. The van der Waals surface area contributed by atoms with Gasteiger partial charge in [-0.3, -0.25) is 19.3 Å².